The van der Waals surface area contributed by atoms with Gasteiger partial charge >= 0.3 is 0 Å². The van der Waals surface area contributed by atoms with Crippen molar-refractivity contribution in [3.8, 4) is 0 Å². The van der Waals surface area contributed by atoms with Crippen LogP contribution in [0.15, 0.2) is 0 Å². The molecule has 1 aromatic rings. The van der Waals surface area contributed by atoms with Crippen LogP contribution in [0.5, 0.6) is 0 Å². The van der Waals surface area contributed by atoms with Crippen LogP contribution >= 0.6 is 22.6 Å². The van der Waals surface area contributed by atoms with Crippen LogP contribution in [-0.4, -0.2) is 23.5 Å². The largest absolute Gasteiger partial charge is 0.385 e. The van der Waals surface area contributed by atoms with E-state index in [2.05, 4.69) is 39.3 Å². The third kappa shape index (κ3) is 2.67. The molecule has 0 aliphatic carbocycles. The fraction of sp³-hybridized carbons (Fsp3) is 0.667. The van der Waals surface area contributed by atoms with Crippen molar-refractivity contribution in [2.75, 3.05) is 13.7 Å². The van der Waals surface area contributed by atoms with Crippen LogP contribution in [0.1, 0.15) is 17.8 Å². The van der Waals surface area contributed by atoms with Crippen LogP contribution in [0, 0.1) is 17.4 Å². The van der Waals surface area contributed by atoms with Crippen LogP contribution < -0.4 is 0 Å². The lowest BCUT2D eigenvalue weighted by Crippen LogP contribution is -2.05. The molecule has 0 saturated carbocycles. The third-order valence-corrected chi connectivity index (χ3v) is 3.57. The molecule has 1 aromatic heterocycles. The van der Waals surface area contributed by atoms with E-state index in [4.69, 9.17) is 4.74 Å². The first-order valence-corrected chi connectivity index (χ1v) is 5.43. The van der Waals surface area contributed by atoms with E-state index in [1.165, 1.54) is 9.26 Å². The Labute approximate surface area is 92.6 Å². The Morgan fingerprint density at radius 3 is 2.62 bits per heavy atom. The molecule has 0 saturated heterocycles. The molecule has 1 rings (SSSR count). The molecule has 0 aliphatic heterocycles. The predicted octanol–water partition coefficient (Wildman–Crippen LogP) is 2.14. The summed E-state index contributed by atoms with van der Waals surface area (Å²) >= 11 is 2.34. The van der Waals surface area contributed by atoms with Crippen LogP contribution in [0.25, 0.3) is 0 Å². The third-order valence-electron chi connectivity index (χ3n) is 2.01. The SMILES string of the molecule is COCCCn1nc(C)c(I)c1C. The lowest BCUT2D eigenvalue weighted by molar-refractivity contribution is 0.188. The molecule has 0 bridgehead atoms. The molecule has 0 radical (unpaired) electrons. The quantitative estimate of drug-likeness (QED) is 0.628. The van der Waals surface area contributed by atoms with Crippen LogP contribution in [0.4, 0.5) is 0 Å². The van der Waals surface area contributed by atoms with E-state index in [1.807, 2.05) is 6.92 Å². The van der Waals surface area contributed by atoms with Crippen molar-refractivity contribution in [2.45, 2.75) is 26.8 Å². The van der Waals surface area contributed by atoms with Crippen molar-refractivity contribution >= 4 is 22.6 Å². The molecule has 0 fully saturated rings. The summed E-state index contributed by atoms with van der Waals surface area (Å²) in [6.45, 7) is 5.90. The average molecular weight is 294 g/mol. The van der Waals surface area contributed by atoms with Crippen LogP contribution in [0.2, 0.25) is 0 Å². The van der Waals surface area contributed by atoms with Gasteiger partial charge in [0.1, 0.15) is 0 Å². The molecular formula is C9H15IN2O. The number of aromatic nitrogens is 2. The fourth-order valence-electron chi connectivity index (χ4n) is 1.25. The van der Waals surface area contributed by atoms with Crippen molar-refractivity contribution in [3.63, 3.8) is 0 Å². The summed E-state index contributed by atoms with van der Waals surface area (Å²) in [5.74, 6) is 0. The monoisotopic (exact) mass is 294 g/mol. The second-order valence-electron chi connectivity index (χ2n) is 3.05. The van der Waals surface area contributed by atoms with Crippen molar-refractivity contribution in [1.82, 2.24) is 9.78 Å². The van der Waals surface area contributed by atoms with E-state index < -0.39 is 0 Å². The summed E-state index contributed by atoms with van der Waals surface area (Å²) in [5.41, 5.74) is 2.38. The molecule has 0 aromatic carbocycles. The maximum absolute atomic E-state index is 5.00. The van der Waals surface area contributed by atoms with Gasteiger partial charge in [0.15, 0.2) is 0 Å². The summed E-state index contributed by atoms with van der Waals surface area (Å²) in [7, 11) is 1.73. The predicted molar refractivity (Wildman–Crippen MR) is 60.9 cm³/mol. The molecule has 74 valence electrons. The van der Waals surface area contributed by atoms with Crippen LogP contribution in [-0.2, 0) is 11.3 Å². The van der Waals surface area contributed by atoms with E-state index in [0.717, 1.165) is 25.3 Å². The smallest absolute Gasteiger partial charge is 0.0729 e. The van der Waals surface area contributed by atoms with Crippen molar-refractivity contribution in [3.05, 3.63) is 15.0 Å². The highest BCUT2D eigenvalue weighted by atomic mass is 127. The zero-order chi connectivity index (χ0) is 9.84. The molecule has 0 unspecified atom stereocenters. The molecule has 13 heavy (non-hydrogen) atoms. The van der Waals surface area contributed by atoms with Gasteiger partial charge in [0.2, 0.25) is 0 Å². The first-order chi connectivity index (χ1) is 6.16. The number of hydrogen-bond donors (Lipinski definition) is 0. The van der Waals surface area contributed by atoms with E-state index in [0.29, 0.717) is 0 Å². The lowest BCUT2D eigenvalue weighted by atomic mass is 10.4. The molecule has 0 atom stereocenters. The number of rotatable bonds is 4. The number of methoxy groups -OCH3 is 1. The Hall–Kier alpha value is -0.100. The zero-order valence-corrected chi connectivity index (χ0v) is 10.5. The second kappa shape index (κ2) is 4.95. The summed E-state index contributed by atoms with van der Waals surface area (Å²) in [6, 6.07) is 0. The molecular weight excluding hydrogens is 279 g/mol. The molecule has 0 aliphatic rings. The number of hydrogen-bond acceptors (Lipinski definition) is 2. The molecule has 3 nitrogen and oxygen atoms in total. The Kier molecular flexibility index (Phi) is 4.18. The maximum atomic E-state index is 5.00. The number of aryl methyl sites for hydroxylation is 2. The van der Waals surface area contributed by atoms with Gasteiger partial charge in [-0.1, -0.05) is 0 Å². The number of halogens is 1. The Morgan fingerprint density at radius 2 is 2.15 bits per heavy atom. The van der Waals surface area contributed by atoms with Gasteiger partial charge in [0, 0.05) is 26.0 Å². The van der Waals surface area contributed by atoms with Gasteiger partial charge in [-0.15, -0.1) is 0 Å². The highest BCUT2D eigenvalue weighted by Gasteiger charge is 2.07. The first kappa shape index (κ1) is 11.0. The highest BCUT2D eigenvalue weighted by Crippen LogP contribution is 2.15. The number of ether oxygens (including phenoxy) is 1. The Bertz CT molecular complexity index is 283. The minimum Gasteiger partial charge on any atom is -0.385 e. The highest BCUT2D eigenvalue weighted by molar-refractivity contribution is 14.1. The molecule has 4 heteroatoms. The minimum atomic E-state index is 0.801. The van der Waals surface area contributed by atoms with E-state index in [1.54, 1.807) is 7.11 Å². The van der Waals surface area contributed by atoms with E-state index >= 15 is 0 Å². The van der Waals surface area contributed by atoms with Crippen LogP contribution in [0.3, 0.4) is 0 Å². The van der Waals surface area contributed by atoms with Gasteiger partial charge < -0.3 is 4.74 Å². The van der Waals surface area contributed by atoms with Gasteiger partial charge in [-0.25, -0.2) is 0 Å². The second-order valence-corrected chi connectivity index (χ2v) is 4.13. The summed E-state index contributed by atoms with van der Waals surface area (Å²) in [5, 5.41) is 4.44. The minimum absolute atomic E-state index is 0.801. The normalized spacial score (nSPS) is 10.8. The van der Waals surface area contributed by atoms with Crippen molar-refractivity contribution < 1.29 is 4.74 Å². The van der Waals surface area contributed by atoms with Crippen molar-refractivity contribution in [2.24, 2.45) is 0 Å². The van der Waals surface area contributed by atoms with Gasteiger partial charge in [0.05, 0.1) is 9.26 Å². The zero-order valence-electron chi connectivity index (χ0n) is 8.30. The topological polar surface area (TPSA) is 27.1 Å². The summed E-state index contributed by atoms with van der Waals surface area (Å²) < 4.78 is 8.32. The Morgan fingerprint density at radius 1 is 1.46 bits per heavy atom. The van der Waals surface area contributed by atoms with Gasteiger partial charge in [-0.2, -0.15) is 5.10 Å². The molecule has 1 heterocycles. The lowest BCUT2D eigenvalue weighted by Gasteiger charge is -2.03. The van der Waals surface area contributed by atoms with Gasteiger partial charge in [-0.05, 0) is 42.9 Å². The fourth-order valence-corrected chi connectivity index (χ4v) is 1.64. The summed E-state index contributed by atoms with van der Waals surface area (Å²) in [6.07, 6.45) is 1.02. The molecule has 0 amide bonds. The van der Waals surface area contributed by atoms with Crippen molar-refractivity contribution in [1.29, 1.82) is 0 Å². The molecule has 0 spiro atoms. The van der Waals surface area contributed by atoms with Gasteiger partial charge in [0.25, 0.3) is 0 Å². The maximum Gasteiger partial charge on any atom is 0.0729 e. The number of nitrogens with zero attached hydrogens (tertiary/aromatic N) is 2. The standard InChI is InChI=1S/C9H15IN2O/c1-7-9(10)8(2)12(11-7)5-4-6-13-3/h4-6H2,1-3H3. The van der Waals surface area contributed by atoms with E-state index in [-0.39, 0.29) is 0 Å². The first-order valence-electron chi connectivity index (χ1n) is 4.35. The van der Waals surface area contributed by atoms with Gasteiger partial charge in [-0.3, -0.25) is 4.68 Å². The molecule has 0 N–H and O–H groups in total. The van der Waals surface area contributed by atoms with E-state index in [9.17, 15) is 0 Å². The summed E-state index contributed by atoms with van der Waals surface area (Å²) in [4.78, 5) is 0. The Balaban J connectivity index is 2.61. The average Bonchev–Trinajstić information content (AvgIpc) is 2.34.